The number of thioether (sulfide) groups is 1. The summed E-state index contributed by atoms with van der Waals surface area (Å²) in [7, 11) is 0. The number of benzene rings is 1. The highest BCUT2D eigenvalue weighted by atomic mass is 35.5. The number of aromatic nitrogens is 7. The number of nitrogens with one attached hydrogen (secondary N) is 1. The first-order chi connectivity index (χ1) is 25.8. The molecule has 0 radical (unpaired) electrons. The van der Waals surface area contributed by atoms with Crippen LogP contribution < -0.4 is 25.6 Å². The van der Waals surface area contributed by atoms with Gasteiger partial charge in [-0.15, -0.1) is 11.8 Å². The minimum atomic E-state index is -1.80. The first kappa shape index (κ1) is 36.5. The van der Waals surface area contributed by atoms with E-state index in [1.807, 2.05) is 10.8 Å². The molecule has 23 heteroatoms. The molecule has 0 saturated carbocycles. The van der Waals surface area contributed by atoms with Crippen LogP contribution in [0, 0.1) is 0 Å². The van der Waals surface area contributed by atoms with Crippen LogP contribution in [-0.4, -0.2) is 104 Å². The molecule has 1 saturated heterocycles. The maximum Gasteiger partial charge on any atom is 0.350 e. The quantitative estimate of drug-likeness (QED) is 0.0475. The Labute approximate surface area is 317 Å². The van der Waals surface area contributed by atoms with Crippen molar-refractivity contribution in [1.82, 2.24) is 40.2 Å². The fourth-order valence-corrected chi connectivity index (χ4v) is 8.03. The molecule has 0 aliphatic carbocycles. The number of tetrazole rings is 1. The van der Waals surface area contributed by atoms with Crippen LogP contribution in [0.25, 0.3) is 5.70 Å². The number of nitrogens with zero attached hydrogens (tertiary/aromatic N) is 10. The zero-order chi connectivity index (χ0) is 38.5. The normalized spacial score (nSPS) is 18.5. The maximum absolute atomic E-state index is 13.8. The molecule has 3 aliphatic rings. The molecule has 280 valence electrons. The average molecular weight is 797 g/mol. The van der Waals surface area contributed by atoms with E-state index in [4.69, 9.17) is 22.2 Å². The number of β-lactam (4-membered cyclic amide) rings is 1. The van der Waals surface area contributed by atoms with Crippen LogP contribution in [0.5, 0.6) is 11.5 Å². The SMILES string of the molecule is CC(C)(O/N=C(\C(=O)N[C@@H]1C(=O)N2C(c3nnn[n-]3)=C(C[n+]3cccc4c3CCCN4C(=O)c3ccc(O)c(O)c3Cl)CS[C@H]12)c1nsc(N)n1)C(=O)O. The summed E-state index contributed by atoms with van der Waals surface area (Å²) in [6.45, 7) is 3.13. The van der Waals surface area contributed by atoms with Crippen molar-refractivity contribution in [2.24, 2.45) is 5.16 Å². The zero-order valence-electron chi connectivity index (χ0n) is 28.2. The van der Waals surface area contributed by atoms with Crippen LogP contribution in [0.4, 0.5) is 10.8 Å². The number of hydrogen-bond donors (Lipinski definition) is 5. The number of anilines is 2. The summed E-state index contributed by atoms with van der Waals surface area (Å²) in [5.41, 5.74) is 6.03. The van der Waals surface area contributed by atoms with Gasteiger partial charge in [-0.3, -0.25) is 29.6 Å². The number of halogens is 1. The minimum Gasteiger partial charge on any atom is -0.504 e. The minimum absolute atomic E-state index is 0.0230. The number of aromatic hydroxyl groups is 2. The van der Waals surface area contributed by atoms with E-state index in [0.29, 0.717) is 36.5 Å². The maximum atomic E-state index is 13.8. The number of fused-ring (bicyclic) bond motifs is 2. The monoisotopic (exact) mass is 796 g/mol. The summed E-state index contributed by atoms with van der Waals surface area (Å²) in [6.07, 6.45) is 3.09. The first-order valence-corrected chi connectivity index (χ1v) is 18.3. The third-order valence-corrected chi connectivity index (χ3v) is 11.1. The van der Waals surface area contributed by atoms with E-state index in [9.17, 15) is 34.5 Å². The van der Waals surface area contributed by atoms with Gasteiger partial charge >= 0.3 is 5.97 Å². The van der Waals surface area contributed by atoms with E-state index in [1.54, 1.807) is 17.0 Å². The topological polar surface area (TPSA) is 278 Å². The van der Waals surface area contributed by atoms with E-state index in [1.165, 1.54) is 42.6 Å². The summed E-state index contributed by atoms with van der Waals surface area (Å²) in [5.74, 6) is -3.96. The summed E-state index contributed by atoms with van der Waals surface area (Å²) < 4.78 is 5.96. The number of rotatable bonds is 10. The Balaban J connectivity index is 1.16. The molecule has 20 nitrogen and oxygen atoms in total. The molecule has 6 N–H and O–H groups in total. The molecular weight excluding hydrogens is 768 g/mol. The lowest BCUT2D eigenvalue weighted by molar-refractivity contribution is -0.695. The number of nitrogen functional groups attached to an aromatic ring is 1. The number of carboxylic acids is 1. The van der Waals surface area contributed by atoms with Crippen LogP contribution >= 0.6 is 34.9 Å². The number of phenolic OH excluding ortho intramolecular Hbond substituents is 2. The molecule has 6 heterocycles. The van der Waals surface area contributed by atoms with Gasteiger partial charge in [0.25, 0.3) is 17.7 Å². The fourth-order valence-electron chi connectivity index (χ4n) is 6.02. The Hall–Kier alpha value is -5.87. The van der Waals surface area contributed by atoms with Crippen LogP contribution in [0.1, 0.15) is 48.0 Å². The van der Waals surface area contributed by atoms with Gasteiger partial charge in [0.15, 0.2) is 29.4 Å². The Morgan fingerprint density at radius 2 is 2.06 bits per heavy atom. The van der Waals surface area contributed by atoms with Gasteiger partial charge in [0.2, 0.25) is 22.8 Å². The molecule has 0 unspecified atom stereocenters. The van der Waals surface area contributed by atoms with Crippen molar-refractivity contribution in [2.75, 3.05) is 22.9 Å². The second-order valence-corrected chi connectivity index (χ2v) is 14.9. The largest absolute Gasteiger partial charge is 0.504 e. The van der Waals surface area contributed by atoms with Gasteiger partial charge in [0, 0.05) is 41.9 Å². The van der Waals surface area contributed by atoms with E-state index in [0.717, 1.165) is 22.8 Å². The summed E-state index contributed by atoms with van der Waals surface area (Å²) >= 11 is 8.40. The smallest absolute Gasteiger partial charge is 0.350 e. The van der Waals surface area contributed by atoms with Crippen molar-refractivity contribution in [2.45, 2.75) is 50.3 Å². The number of carboxylic acid groups (broad SMARTS) is 1. The molecule has 3 aromatic heterocycles. The van der Waals surface area contributed by atoms with Crippen molar-refractivity contribution in [3.05, 3.63) is 64.0 Å². The van der Waals surface area contributed by atoms with Gasteiger partial charge in [-0.25, -0.2) is 4.79 Å². The van der Waals surface area contributed by atoms with Crippen molar-refractivity contribution in [3.63, 3.8) is 0 Å². The van der Waals surface area contributed by atoms with Gasteiger partial charge in [0.1, 0.15) is 17.1 Å². The van der Waals surface area contributed by atoms with Crippen molar-refractivity contribution >= 4 is 80.8 Å². The van der Waals surface area contributed by atoms with Crippen LogP contribution in [-0.2, 0) is 32.2 Å². The number of hydrogen-bond acceptors (Lipinski definition) is 16. The number of aliphatic carboxylic acids is 1. The molecule has 0 bridgehead atoms. The zero-order valence-corrected chi connectivity index (χ0v) is 30.6. The summed E-state index contributed by atoms with van der Waals surface area (Å²) in [6, 6.07) is 5.10. The second kappa shape index (κ2) is 14.2. The van der Waals surface area contributed by atoms with Gasteiger partial charge < -0.3 is 41.2 Å². The van der Waals surface area contributed by atoms with Crippen LogP contribution in [0.3, 0.4) is 0 Å². The van der Waals surface area contributed by atoms with Crippen LogP contribution in [0.2, 0.25) is 5.02 Å². The fraction of sp³-hybridized carbons (Fsp3) is 0.323. The predicted molar refractivity (Wildman–Crippen MR) is 190 cm³/mol. The molecule has 4 aromatic rings. The second-order valence-electron chi connectivity index (χ2n) is 12.6. The van der Waals surface area contributed by atoms with Crippen molar-refractivity contribution in [3.8, 4) is 11.5 Å². The highest BCUT2D eigenvalue weighted by Gasteiger charge is 2.53. The van der Waals surface area contributed by atoms with E-state index >= 15 is 0 Å². The third-order valence-electron chi connectivity index (χ3n) is 8.79. The third kappa shape index (κ3) is 6.51. The standard InChI is InChI=1S/C31H29ClN12O8S2/c1-31(2,29(50)51)52-38-19(23-35-30(33)54-39-23)25(47)34-20-27(49)44-21(24-36-40-41-37-24)13(12-53-28(20)44)11-42-9-3-6-16-15(42)5-4-10-43(16)26(48)14-7-8-17(45)22(46)18(14)32/h3,6-9,20,28H,4-5,10-12H2,1-2H3,(H6-,33,34,35,36,37,38,39,40,41,45,46,47,48,50,51)/t20-,28-/m1/s1. The van der Waals surface area contributed by atoms with E-state index in [-0.39, 0.29) is 33.9 Å². The molecular formula is C31H29ClN12O8S2. The van der Waals surface area contributed by atoms with E-state index in [2.05, 4.69) is 40.5 Å². The van der Waals surface area contributed by atoms with Gasteiger partial charge in [-0.05, 0) is 38.5 Å². The highest BCUT2D eigenvalue weighted by molar-refractivity contribution is 8.00. The van der Waals surface area contributed by atoms with Crippen LogP contribution in [0.15, 0.2) is 41.2 Å². The lowest BCUT2D eigenvalue weighted by Crippen LogP contribution is -2.70. The summed E-state index contributed by atoms with van der Waals surface area (Å²) in [4.78, 5) is 64.8. The highest BCUT2D eigenvalue weighted by Crippen LogP contribution is 2.43. The Bertz CT molecular complexity index is 2260. The molecule has 7 rings (SSSR count). The van der Waals surface area contributed by atoms with Crippen molar-refractivity contribution < 1.29 is 43.9 Å². The van der Waals surface area contributed by atoms with Crippen molar-refractivity contribution in [1.29, 1.82) is 0 Å². The van der Waals surface area contributed by atoms with Gasteiger partial charge in [-0.2, -0.15) is 19.1 Å². The molecule has 3 amide bonds. The number of phenols is 2. The summed E-state index contributed by atoms with van der Waals surface area (Å²) in [5, 5.41) is 50.3. The first-order valence-electron chi connectivity index (χ1n) is 16.1. The Morgan fingerprint density at radius 3 is 2.76 bits per heavy atom. The average Bonchev–Trinajstić information content (AvgIpc) is 3.85. The molecule has 0 spiro atoms. The number of oxime groups is 1. The number of amides is 3. The molecule has 3 aliphatic heterocycles. The molecule has 2 atom stereocenters. The molecule has 1 aromatic carbocycles. The predicted octanol–water partition coefficient (Wildman–Crippen LogP) is 0.303. The number of carbonyl (C=O) groups excluding carboxylic acids is 3. The Kier molecular flexibility index (Phi) is 9.57. The lowest BCUT2D eigenvalue weighted by atomic mass is 10.0. The number of nitrogens with two attached hydrogens (primary N) is 1. The number of carbonyl (C=O) groups is 4. The molecule has 54 heavy (non-hydrogen) atoms. The lowest BCUT2D eigenvalue weighted by Gasteiger charge is -2.50. The van der Waals surface area contributed by atoms with Gasteiger partial charge in [-0.1, -0.05) is 16.8 Å². The Morgan fingerprint density at radius 1 is 1.26 bits per heavy atom. The van der Waals surface area contributed by atoms with E-state index < -0.39 is 57.9 Å². The molecule has 1 fully saturated rings. The number of pyridine rings is 1. The van der Waals surface area contributed by atoms with Gasteiger partial charge in [0.05, 0.1) is 22.1 Å².